The van der Waals surface area contributed by atoms with E-state index in [-0.39, 0.29) is 11.4 Å². The molecule has 0 amide bonds. The molecule has 20 heavy (non-hydrogen) atoms. The second-order valence-electron chi connectivity index (χ2n) is 7.18. The highest BCUT2D eigenvalue weighted by Gasteiger charge is 2.56. The van der Waals surface area contributed by atoms with Gasteiger partial charge in [-0.15, -0.1) is 0 Å². The largest absolute Gasteiger partial charge is 0.378 e. The van der Waals surface area contributed by atoms with Crippen LogP contribution in [0.5, 0.6) is 0 Å². The Morgan fingerprint density at radius 3 is 2.05 bits per heavy atom. The first-order valence-electron chi connectivity index (χ1n) is 7.93. The molecule has 108 valence electrons. The summed E-state index contributed by atoms with van der Waals surface area (Å²) in [6, 6.07) is 6.75. The summed E-state index contributed by atoms with van der Waals surface area (Å²) in [4.78, 5) is 0. The Hall–Kier alpha value is -1.09. The lowest BCUT2D eigenvalue weighted by molar-refractivity contribution is -0.0405. The molecule has 0 aromatic heterocycles. The van der Waals surface area contributed by atoms with Gasteiger partial charge in [0.2, 0.25) is 0 Å². The molecule has 1 aromatic rings. The van der Waals surface area contributed by atoms with Gasteiger partial charge >= 0.3 is 0 Å². The average molecular weight is 274 g/mol. The van der Waals surface area contributed by atoms with Crippen LogP contribution >= 0.6 is 0 Å². The molecule has 3 heteroatoms. The van der Waals surface area contributed by atoms with Crippen molar-refractivity contribution in [1.82, 2.24) is 0 Å². The quantitative estimate of drug-likeness (QED) is 0.886. The molecule has 0 heterocycles. The van der Waals surface area contributed by atoms with Gasteiger partial charge in [0.25, 0.3) is 0 Å². The van der Waals surface area contributed by atoms with Crippen molar-refractivity contribution < 1.29 is 4.39 Å². The highest BCUT2D eigenvalue weighted by molar-refractivity contribution is 5.47. The van der Waals surface area contributed by atoms with Crippen LogP contribution in [0.2, 0.25) is 0 Å². The van der Waals surface area contributed by atoms with E-state index >= 15 is 0 Å². The molecule has 4 saturated carbocycles. The van der Waals surface area contributed by atoms with Crippen LogP contribution in [0.3, 0.4) is 0 Å². The fraction of sp³-hybridized carbons (Fsp3) is 0.647. The van der Waals surface area contributed by atoms with Gasteiger partial charge in [-0.3, -0.25) is 0 Å². The van der Waals surface area contributed by atoms with Crippen LogP contribution < -0.4 is 11.1 Å². The Balaban J connectivity index is 1.64. The maximum atomic E-state index is 13.1. The molecule has 2 nitrogen and oxygen atoms in total. The van der Waals surface area contributed by atoms with E-state index in [2.05, 4.69) is 5.32 Å². The van der Waals surface area contributed by atoms with Gasteiger partial charge in [0.05, 0.1) is 5.54 Å². The van der Waals surface area contributed by atoms with Crippen molar-refractivity contribution >= 4 is 5.69 Å². The van der Waals surface area contributed by atoms with Crippen LogP contribution in [0.1, 0.15) is 32.1 Å². The average Bonchev–Trinajstić information content (AvgIpc) is 2.44. The lowest BCUT2D eigenvalue weighted by Crippen LogP contribution is -2.65. The summed E-state index contributed by atoms with van der Waals surface area (Å²) in [6.45, 7) is 0.694. The summed E-state index contributed by atoms with van der Waals surface area (Å²) in [7, 11) is 0. The first-order valence-corrected chi connectivity index (χ1v) is 7.93. The van der Waals surface area contributed by atoms with Gasteiger partial charge < -0.3 is 11.1 Å². The van der Waals surface area contributed by atoms with Crippen molar-refractivity contribution in [3.63, 3.8) is 0 Å². The van der Waals surface area contributed by atoms with E-state index in [9.17, 15) is 4.39 Å². The van der Waals surface area contributed by atoms with Crippen molar-refractivity contribution in [2.24, 2.45) is 29.4 Å². The van der Waals surface area contributed by atoms with E-state index in [1.807, 2.05) is 12.1 Å². The van der Waals surface area contributed by atoms with Gasteiger partial charge in [-0.25, -0.2) is 4.39 Å². The van der Waals surface area contributed by atoms with Gasteiger partial charge in [-0.05, 0) is 80.0 Å². The number of nitrogens with one attached hydrogen (secondary N) is 1. The number of anilines is 1. The van der Waals surface area contributed by atoms with Crippen molar-refractivity contribution in [3.8, 4) is 0 Å². The zero-order chi connectivity index (χ0) is 13.7. The van der Waals surface area contributed by atoms with E-state index in [0.29, 0.717) is 18.4 Å². The highest BCUT2D eigenvalue weighted by Crippen LogP contribution is 2.58. The van der Waals surface area contributed by atoms with E-state index < -0.39 is 0 Å². The lowest BCUT2D eigenvalue weighted by Gasteiger charge is -2.61. The van der Waals surface area contributed by atoms with Crippen molar-refractivity contribution in [3.05, 3.63) is 30.1 Å². The van der Waals surface area contributed by atoms with Crippen LogP contribution in [0.25, 0.3) is 0 Å². The molecular formula is C17H23FN2. The van der Waals surface area contributed by atoms with Crippen molar-refractivity contribution in [2.75, 3.05) is 11.9 Å². The van der Waals surface area contributed by atoms with E-state index in [0.717, 1.165) is 17.5 Å². The van der Waals surface area contributed by atoms with Crippen molar-refractivity contribution in [2.45, 2.75) is 37.6 Å². The SMILES string of the molecule is NCC1(Nc2ccc(F)cc2)C2CC3CC(C2)CC1C3. The topological polar surface area (TPSA) is 38.0 Å². The fourth-order valence-electron chi connectivity index (χ4n) is 5.42. The van der Waals surface area contributed by atoms with Gasteiger partial charge in [-0.2, -0.15) is 0 Å². The van der Waals surface area contributed by atoms with Crippen LogP contribution in [0.4, 0.5) is 10.1 Å². The third kappa shape index (κ3) is 1.79. The van der Waals surface area contributed by atoms with E-state index in [1.165, 1.54) is 44.2 Å². The molecule has 4 aliphatic rings. The Morgan fingerprint density at radius 1 is 1.00 bits per heavy atom. The standard InChI is InChI=1S/C17H23FN2/c18-15-1-3-16(4-2-15)20-17(10-19)13-6-11-5-12(8-13)9-14(17)7-11/h1-4,11-14,20H,5-10,19H2. The third-order valence-electron chi connectivity index (χ3n) is 6.15. The molecule has 5 rings (SSSR count). The molecule has 0 unspecified atom stereocenters. The van der Waals surface area contributed by atoms with Crippen LogP contribution in [0.15, 0.2) is 24.3 Å². The fourth-order valence-corrected chi connectivity index (χ4v) is 5.42. The van der Waals surface area contributed by atoms with Crippen molar-refractivity contribution in [1.29, 1.82) is 0 Å². The second-order valence-corrected chi connectivity index (χ2v) is 7.18. The van der Waals surface area contributed by atoms with Crippen LogP contribution in [-0.2, 0) is 0 Å². The Morgan fingerprint density at radius 2 is 1.55 bits per heavy atom. The highest BCUT2D eigenvalue weighted by atomic mass is 19.1. The Bertz CT molecular complexity index is 468. The molecular weight excluding hydrogens is 251 g/mol. The maximum absolute atomic E-state index is 13.1. The van der Waals surface area contributed by atoms with Gasteiger partial charge in [0, 0.05) is 12.2 Å². The molecule has 0 spiro atoms. The molecule has 1 aromatic carbocycles. The Kier molecular flexibility index (Phi) is 2.81. The molecule has 3 N–H and O–H groups in total. The number of rotatable bonds is 3. The zero-order valence-electron chi connectivity index (χ0n) is 11.8. The summed E-state index contributed by atoms with van der Waals surface area (Å²) in [5.74, 6) is 3.10. The van der Waals surface area contributed by atoms with Gasteiger partial charge in [0.1, 0.15) is 5.82 Å². The number of hydrogen-bond donors (Lipinski definition) is 2. The first kappa shape index (κ1) is 12.6. The summed E-state index contributed by atoms with van der Waals surface area (Å²) in [5, 5.41) is 3.72. The minimum absolute atomic E-state index is 0.0469. The molecule has 0 saturated heterocycles. The molecule has 4 aliphatic carbocycles. The summed E-state index contributed by atoms with van der Waals surface area (Å²) in [5.41, 5.74) is 7.29. The lowest BCUT2D eigenvalue weighted by atomic mass is 9.48. The maximum Gasteiger partial charge on any atom is 0.123 e. The Labute approximate surface area is 119 Å². The predicted molar refractivity (Wildman–Crippen MR) is 78.9 cm³/mol. The van der Waals surface area contributed by atoms with Gasteiger partial charge in [-0.1, -0.05) is 0 Å². The normalized spacial score (nSPS) is 41.9. The number of nitrogens with two attached hydrogens (primary N) is 1. The second kappa shape index (κ2) is 4.45. The molecule has 0 aliphatic heterocycles. The number of halogens is 1. The minimum Gasteiger partial charge on any atom is -0.378 e. The van der Waals surface area contributed by atoms with E-state index in [4.69, 9.17) is 5.73 Å². The zero-order valence-corrected chi connectivity index (χ0v) is 11.8. The summed E-state index contributed by atoms with van der Waals surface area (Å²) in [6.07, 6.45) is 6.78. The monoisotopic (exact) mass is 274 g/mol. The predicted octanol–water partition coefficient (Wildman–Crippen LogP) is 3.39. The number of hydrogen-bond acceptors (Lipinski definition) is 2. The smallest absolute Gasteiger partial charge is 0.123 e. The first-order chi connectivity index (χ1) is 9.69. The molecule has 0 radical (unpaired) electrons. The summed E-state index contributed by atoms with van der Waals surface area (Å²) >= 11 is 0. The van der Waals surface area contributed by atoms with Gasteiger partial charge in [0.15, 0.2) is 0 Å². The molecule has 4 bridgehead atoms. The third-order valence-corrected chi connectivity index (χ3v) is 6.15. The summed E-state index contributed by atoms with van der Waals surface area (Å²) < 4.78 is 13.1. The van der Waals surface area contributed by atoms with E-state index in [1.54, 1.807) is 0 Å². The minimum atomic E-state index is -0.178. The molecule has 0 atom stereocenters. The molecule has 4 fully saturated rings. The number of benzene rings is 1. The van der Waals surface area contributed by atoms with Crippen LogP contribution in [0, 0.1) is 29.5 Å². The van der Waals surface area contributed by atoms with Crippen LogP contribution in [-0.4, -0.2) is 12.1 Å².